The fourth-order valence-electron chi connectivity index (χ4n) is 1.50. The van der Waals surface area contributed by atoms with Crippen molar-refractivity contribution in [2.45, 2.75) is 26.7 Å². The Morgan fingerprint density at radius 1 is 1.35 bits per heavy atom. The highest BCUT2D eigenvalue weighted by Gasteiger charge is 2.12. The largest absolute Gasteiger partial charge is 0.462 e. The van der Waals surface area contributed by atoms with E-state index in [2.05, 4.69) is 0 Å². The molecule has 0 N–H and O–H groups in total. The van der Waals surface area contributed by atoms with Crippen molar-refractivity contribution in [3.63, 3.8) is 0 Å². The van der Waals surface area contributed by atoms with Crippen molar-refractivity contribution in [3.8, 4) is 0 Å². The number of hydrogen-bond donors (Lipinski definition) is 0. The highest BCUT2D eigenvalue weighted by Crippen LogP contribution is 2.11. The molecule has 0 spiro atoms. The molecular formula is C13H16F2O2. The molecule has 17 heavy (non-hydrogen) atoms. The van der Waals surface area contributed by atoms with Crippen LogP contribution >= 0.6 is 0 Å². The summed E-state index contributed by atoms with van der Waals surface area (Å²) in [5, 5.41) is 0. The molecule has 0 saturated carbocycles. The summed E-state index contributed by atoms with van der Waals surface area (Å²) in [4.78, 5) is 11.5. The molecule has 4 heteroatoms. The van der Waals surface area contributed by atoms with Gasteiger partial charge in [-0.2, -0.15) is 0 Å². The molecule has 1 unspecified atom stereocenters. The van der Waals surface area contributed by atoms with Crippen molar-refractivity contribution in [1.82, 2.24) is 0 Å². The molecule has 0 radical (unpaired) electrons. The second kappa shape index (κ2) is 6.33. The van der Waals surface area contributed by atoms with Gasteiger partial charge in [0.25, 0.3) is 0 Å². The lowest BCUT2D eigenvalue weighted by Crippen LogP contribution is -2.12. The number of esters is 1. The number of halogens is 2. The summed E-state index contributed by atoms with van der Waals surface area (Å²) in [6.07, 6.45) is 1.98. The van der Waals surface area contributed by atoms with Gasteiger partial charge in [-0.05, 0) is 30.5 Å². The molecule has 0 fully saturated rings. The summed E-state index contributed by atoms with van der Waals surface area (Å²) in [7, 11) is 0. The Balaban J connectivity index is 2.55. The third kappa shape index (κ3) is 4.13. The van der Waals surface area contributed by atoms with Crippen molar-refractivity contribution >= 4 is 5.97 Å². The monoisotopic (exact) mass is 242 g/mol. The first-order valence-electron chi connectivity index (χ1n) is 5.66. The maximum atomic E-state index is 12.9. The molecule has 0 saturated heterocycles. The van der Waals surface area contributed by atoms with E-state index in [1.165, 1.54) is 6.07 Å². The van der Waals surface area contributed by atoms with Gasteiger partial charge in [0.2, 0.25) is 0 Å². The van der Waals surface area contributed by atoms with E-state index in [9.17, 15) is 13.6 Å². The van der Waals surface area contributed by atoms with E-state index in [0.717, 1.165) is 25.0 Å². The number of carbonyl (C=O) groups is 1. The topological polar surface area (TPSA) is 26.3 Å². The predicted octanol–water partition coefficient (Wildman–Crippen LogP) is 3.56. The van der Waals surface area contributed by atoms with E-state index in [4.69, 9.17) is 4.74 Å². The van der Waals surface area contributed by atoms with Gasteiger partial charge in [0.1, 0.15) is 0 Å². The first-order chi connectivity index (χ1) is 8.04. The third-order valence-electron chi connectivity index (χ3n) is 2.44. The molecule has 0 bridgehead atoms. The van der Waals surface area contributed by atoms with Gasteiger partial charge in [0, 0.05) is 0 Å². The molecule has 0 aliphatic heterocycles. The summed E-state index contributed by atoms with van der Waals surface area (Å²) in [6, 6.07) is 2.98. The van der Waals surface area contributed by atoms with E-state index in [-0.39, 0.29) is 11.5 Å². The second-order valence-corrected chi connectivity index (χ2v) is 4.12. The molecule has 94 valence electrons. The predicted molar refractivity (Wildman–Crippen MR) is 60.7 cm³/mol. The van der Waals surface area contributed by atoms with Crippen molar-refractivity contribution in [2.24, 2.45) is 5.92 Å². The van der Waals surface area contributed by atoms with Gasteiger partial charge < -0.3 is 4.74 Å². The zero-order chi connectivity index (χ0) is 12.8. The molecule has 2 nitrogen and oxygen atoms in total. The SMILES string of the molecule is CCCC(C)COC(=O)c1ccc(F)c(F)c1. The Hall–Kier alpha value is -1.45. The van der Waals surface area contributed by atoms with E-state index < -0.39 is 17.6 Å². The van der Waals surface area contributed by atoms with Gasteiger partial charge >= 0.3 is 5.97 Å². The number of benzene rings is 1. The van der Waals surface area contributed by atoms with Gasteiger partial charge in [0.05, 0.1) is 12.2 Å². The average molecular weight is 242 g/mol. The van der Waals surface area contributed by atoms with Crippen LogP contribution in [0.4, 0.5) is 8.78 Å². The minimum absolute atomic E-state index is 0.0348. The van der Waals surface area contributed by atoms with Crippen LogP contribution in [0.1, 0.15) is 37.0 Å². The van der Waals surface area contributed by atoms with Crippen LogP contribution in [0.3, 0.4) is 0 Å². The molecule has 1 rings (SSSR count). The fraction of sp³-hybridized carbons (Fsp3) is 0.462. The number of rotatable bonds is 5. The lowest BCUT2D eigenvalue weighted by Gasteiger charge is -2.10. The van der Waals surface area contributed by atoms with Crippen LogP contribution in [0.15, 0.2) is 18.2 Å². The zero-order valence-corrected chi connectivity index (χ0v) is 10.0. The molecule has 0 aromatic heterocycles. The Kier molecular flexibility index (Phi) is 5.07. The second-order valence-electron chi connectivity index (χ2n) is 4.12. The van der Waals surface area contributed by atoms with Gasteiger partial charge in [-0.1, -0.05) is 20.3 Å². The normalized spacial score (nSPS) is 12.2. The summed E-state index contributed by atoms with van der Waals surface area (Å²) in [5.41, 5.74) is 0.0348. The van der Waals surface area contributed by atoms with E-state index in [0.29, 0.717) is 6.61 Å². The summed E-state index contributed by atoms with van der Waals surface area (Å²) in [5.74, 6) is -2.36. The van der Waals surface area contributed by atoms with Crippen LogP contribution in [0.2, 0.25) is 0 Å². The molecule has 1 aromatic rings. The Bertz CT molecular complexity index is 391. The van der Waals surface area contributed by atoms with Crippen LogP contribution in [-0.2, 0) is 4.74 Å². The molecule has 0 amide bonds. The van der Waals surface area contributed by atoms with Crippen LogP contribution in [0.25, 0.3) is 0 Å². The molecule has 0 aliphatic rings. The number of ether oxygens (including phenoxy) is 1. The van der Waals surface area contributed by atoms with Gasteiger partial charge in [0.15, 0.2) is 11.6 Å². The first-order valence-corrected chi connectivity index (χ1v) is 5.66. The van der Waals surface area contributed by atoms with Crippen molar-refractivity contribution < 1.29 is 18.3 Å². The number of carbonyl (C=O) groups excluding carboxylic acids is 1. The van der Waals surface area contributed by atoms with Gasteiger partial charge in [-0.3, -0.25) is 0 Å². The lowest BCUT2D eigenvalue weighted by molar-refractivity contribution is 0.0443. The van der Waals surface area contributed by atoms with Crippen LogP contribution < -0.4 is 0 Å². The fourth-order valence-corrected chi connectivity index (χ4v) is 1.50. The summed E-state index contributed by atoms with van der Waals surface area (Å²) >= 11 is 0. The lowest BCUT2D eigenvalue weighted by atomic mass is 10.1. The maximum absolute atomic E-state index is 12.9. The standard InChI is InChI=1S/C13H16F2O2/c1-3-4-9(2)8-17-13(16)10-5-6-11(14)12(15)7-10/h5-7,9H,3-4,8H2,1-2H3. The highest BCUT2D eigenvalue weighted by atomic mass is 19.2. The molecule has 0 aliphatic carbocycles. The van der Waals surface area contributed by atoms with Crippen LogP contribution in [0.5, 0.6) is 0 Å². The number of hydrogen-bond acceptors (Lipinski definition) is 2. The van der Waals surface area contributed by atoms with Crippen molar-refractivity contribution in [3.05, 3.63) is 35.4 Å². The molecule has 1 aromatic carbocycles. The highest BCUT2D eigenvalue weighted by molar-refractivity contribution is 5.89. The molecule has 0 heterocycles. The Morgan fingerprint density at radius 3 is 2.65 bits per heavy atom. The van der Waals surface area contributed by atoms with E-state index >= 15 is 0 Å². The minimum Gasteiger partial charge on any atom is -0.462 e. The molecular weight excluding hydrogens is 226 g/mol. The maximum Gasteiger partial charge on any atom is 0.338 e. The van der Waals surface area contributed by atoms with Crippen molar-refractivity contribution in [2.75, 3.05) is 6.61 Å². The van der Waals surface area contributed by atoms with Crippen molar-refractivity contribution in [1.29, 1.82) is 0 Å². The van der Waals surface area contributed by atoms with E-state index in [1.807, 2.05) is 13.8 Å². The first kappa shape index (κ1) is 13.6. The summed E-state index contributed by atoms with van der Waals surface area (Å²) < 4.78 is 30.5. The minimum atomic E-state index is -1.04. The zero-order valence-electron chi connectivity index (χ0n) is 10.0. The smallest absolute Gasteiger partial charge is 0.338 e. The molecule has 1 atom stereocenters. The Morgan fingerprint density at radius 2 is 2.06 bits per heavy atom. The van der Waals surface area contributed by atoms with Gasteiger partial charge in [-0.25, -0.2) is 13.6 Å². The van der Waals surface area contributed by atoms with E-state index in [1.54, 1.807) is 0 Å². The Labute approximate surface area is 99.6 Å². The third-order valence-corrected chi connectivity index (χ3v) is 2.44. The quantitative estimate of drug-likeness (QED) is 0.738. The average Bonchev–Trinajstić information content (AvgIpc) is 2.30. The van der Waals surface area contributed by atoms with Crippen LogP contribution in [0, 0.1) is 17.6 Å². The van der Waals surface area contributed by atoms with Gasteiger partial charge in [-0.15, -0.1) is 0 Å². The van der Waals surface area contributed by atoms with Crippen LogP contribution in [-0.4, -0.2) is 12.6 Å². The summed E-state index contributed by atoms with van der Waals surface area (Å²) in [6.45, 7) is 4.32.